The molecule has 21 heavy (non-hydrogen) atoms. The van der Waals surface area contributed by atoms with E-state index >= 15 is 0 Å². The number of rotatable bonds is 4. The molecule has 1 aliphatic carbocycles. The second kappa shape index (κ2) is 6.67. The third kappa shape index (κ3) is 3.16. The van der Waals surface area contributed by atoms with Crippen LogP contribution >= 0.6 is 0 Å². The summed E-state index contributed by atoms with van der Waals surface area (Å²) in [6.07, 6.45) is 6.38. The van der Waals surface area contributed by atoms with Crippen molar-refractivity contribution in [3.63, 3.8) is 0 Å². The first-order valence-electron chi connectivity index (χ1n) is 8.16. The Morgan fingerprint density at radius 1 is 1.29 bits per heavy atom. The van der Waals surface area contributed by atoms with Gasteiger partial charge >= 0.3 is 0 Å². The normalized spacial score (nSPS) is 29.9. The zero-order valence-corrected chi connectivity index (χ0v) is 12.8. The maximum atomic E-state index is 6.14. The fourth-order valence-corrected chi connectivity index (χ4v) is 3.79. The van der Waals surface area contributed by atoms with Crippen molar-refractivity contribution in [2.24, 2.45) is 17.7 Å². The van der Waals surface area contributed by atoms with E-state index in [-0.39, 0.29) is 12.1 Å². The van der Waals surface area contributed by atoms with Gasteiger partial charge in [0, 0.05) is 0 Å². The molecule has 3 rings (SSSR count). The number of benzene rings is 1. The number of nitrogens with two attached hydrogens (primary N) is 1. The van der Waals surface area contributed by atoms with Crippen LogP contribution in [-0.2, 0) is 0 Å². The molecule has 0 amide bonds. The van der Waals surface area contributed by atoms with Gasteiger partial charge in [-0.3, -0.25) is 11.3 Å². The first-order valence-corrected chi connectivity index (χ1v) is 8.16. The van der Waals surface area contributed by atoms with Crippen LogP contribution in [0.4, 0.5) is 0 Å². The molecule has 3 N–H and O–H groups in total. The summed E-state index contributed by atoms with van der Waals surface area (Å²) < 4.78 is 12.0. The van der Waals surface area contributed by atoms with E-state index in [0.29, 0.717) is 12.5 Å². The van der Waals surface area contributed by atoms with Gasteiger partial charge in [0.25, 0.3) is 0 Å². The minimum atomic E-state index is -0.00879. The molecule has 0 radical (unpaired) electrons. The van der Waals surface area contributed by atoms with Crippen molar-refractivity contribution < 1.29 is 9.47 Å². The maximum absolute atomic E-state index is 6.14. The van der Waals surface area contributed by atoms with E-state index in [9.17, 15) is 0 Å². The molecule has 1 aliphatic heterocycles. The van der Waals surface area contributed by atoms with Crippen LogP contribution in [0.2, 0.25) is 0 Å². The monoisotopic (exact) mass is 290 g/mol. The third-order valence-electron chi connectivity index (χ3n) is 5.03. The van der Waals surface area contributed by atoms with E-state index in [0.717, 1.165) is 17.4 Å². The number of hydrogen-bond acceptors (Lipinski definition) is 4. The fraction of sp³-hybridized carbons (Fsp3) is 0.647. The smallest absolute Gasteiger partial charge is 0.161 e. The third-order valence-corrected chi connectivity index (χ3v) is 5.03. The van der Waals surface area contributed by atoms with Crippen LogP contribution in [-0.4, -0.2) is 18.8 Å². The SMILES string of the molecule is CCC1CCCC(C(NN)C2COc3ccccc3O2)C1. The highest BCUT2D eigenvalue weighted by Gasteiger charge is 2.36. The molecule has 4 nitrogen and oxygen atoms in total. The average Bonchev–Trinajstić information content (AvgIpc) is 2.56. The van der Waals surface area contributed by atoms with Gasteiger partial charge in [-0.15, -0.1) is 0 Å². The van der Waals surface area contributed by atoms with E-state index < -0.39 is 0 Å². The number of fused-ring (bicyclic) bond motifs is 1. The number of ether oxygens (including phenoxy) is 2. The summed E-state index contributed by atoms with van der Waals surface area (Å²) in [5.41, 5.74) is 3.01. The Labute approximate surface area is 127 Å². The van der Waals surface area contributed by atoms with Gasteiger partial charge in [-0.25, -0.2) is 0 Å². The zero-order chi connectivity index (χ0) is 14.7. The Kier molecular flexibility index (Phi) is 4.66. The van der Waals surface area contributed by atoms with Crippen LogP contribution in [0.15, 0.2) is 24.3 Å². The predicted molar refractivity (Wildman–Crippen MR) is 83.2 cm³/mol. The highest BCUT2D eigenvalue weighted by atomic mass is 16.6. The second-order valence-corrected chi connectivity index (χ2v) is 6.31. The molecule has 1 heterocycles. The van der Waals surface area contributed by atoms with Crippen LogP contribution in [0.1, 0.15) is 39.0 Å². The van der Waals surface area contributed by atoms with Crippen LogP contribution in [0.5, 0.6) is 11.5 Å². The topological polar surface area (TPSA) is 56.5 Å². The van der Waals surface area contributed by atoms with Crippen molar-refractivity contribution in [1.82, 2.24) is 5.43 Å². The molecule has 4 atom stereocenters. The van der Waals surface area contributed by atoms with E-state index in [1.165, 1.54) is 32.1 Å². The Bertz CT molecular complexity index is 466. The lowest BCUT2D eigenvalue weighted by atomic mass is 9.75. The minimum Gasteiger partial charge on any atom is -0.486 e. The largest absolute Gasteiger partial charge is 0.486 e. The second-order valence-electron chi connectivity index (χ2n) is 6.31. The number of para-hydroxylation sites is 2. The summed E-state index contributed by atoms with van der Waals surface area (Å²) >= 11 is 0. The molecule has 0 saturated heterocycles. The van der Waals surface area contributed by atoms with E-state index in [1.807, 2.05) is 24.3 Å². The molecular weight excluding hydrogens is 264 g/mol. The van der Waals surface area contributed by atoms with E-state index in [1.54, 1.807) is 0 Å². The van der Waals surface area contributed by atoms with E-state index in [4.69, 9.17) is 15.3 Å². The van der Waals surface area contributed by atoms with Crippen LogP contribution in [0, 0.1) is 11.8 Å². The molecule has 116 valence electrons. The summed E-state index contributed by atoms with van der Waals surface area (Å²) in [5.74, 6) is 8.93. The number of hydrazine groups is 1. The predicted octanol–water partition coefficient (Wildman–Crippen LogP) is 2.87. The summed E-state index contributed by atoms with van der Waals surface area (Å²) in [7, 11) is 0. The van der Waals surface area contributed by atoms with Gasteiger partial charge in [0.2, 0.25) is 0 Å². The molecule has 4 unspecified atom stereocenters. The average molecular weight is 290 g/mol. The van der Waals surface area contributed by atoms with Gasteiger partial charge < -0.3 is 9.47 Å². The molecular formula is C17H26N2O2. The molecule has 0 aromatic heterocycles. The Morgan fingerprint density at radius 3 is 2.86 bits per heavy atom. The lowest BCUT2D eigenvalue weighted by Crippen LogP contribution is -2.55. The van der Waals surface area contributed by atoms with Gasteiger partial charge in [0.05, 0.1) is 6.04 Å². The Balaban J connectivity index is 1.69. The van der Waals surface area contributed by atoms with Gasteiger partial charge in [-0.1, -0.05) is 38.3 Å². The van der Waals surface area contributed by atoms with Gasteiger partial charge in [0.1, 0.15) is 12.7 Å². The standard InChI is InChI=1S/C17H26N2O2/c1-2-12-6-5-7-13(10-12)17(19-18)16-11-20-14-8-3-4-9-15(14)21-16/h3-4,8-9,12-13,16-17,19H,2,5-7,10-11,18H2,1H3. The number of nitrogens with one attached hydrogen (secondary N) is 1. The van der Waals surface area contributed by atoms with Crippen molar-refractivity contribution in [3.05, 3.63) is 24.3 Å². The van der Waals surface area contributed by atoms with Crippen LogP contribution < -0.4 is 20.7 Å². The first kappa shape index (κ1) is 14.7. The van der Waals surface area contributed by atoms with Crippen molar-refractivity contribution in [1.29, 1.82) is 0 Å². The van der Waals surface area contributed by atoms with Crippen molar-refractivity contribution in [2.45, 2.75) is 51.2 Å². The van der Waals surface area contributed by atoms with Gasteiger partial charge in [-0.2, -0.15) is 0 Å². The lowest BCUT2D eigenvalue weighted by Gasteiger charge is -2.39. The first-order chi connectivity index (χ1) is 10.3. The molecule has 2 aliphatic rings. The van der Waals surface area contributed by atoms with Crippen molar-refractivity contribution in [2.75, 3.05) is 6.61 Å². The number of hydrogen-bond donors (Lipinski definition) is 2. The molecule has 0 spiro atoms. The highest BCUT2D eigenvalue weighted by Crippen LogP contribution is 2.37. The van der Waals surface area contributed by atoms with Gasteiger partial charge in [-0.05, 0) is 36.8 Å². The van der Waals surface area contributed by atoms with E-state index in [2.05, 4.69) is 12.3 Å². The summed E-state index contributed by atoms with van der Waals surface area (Å²) in [4.78, 5) is 0. The van der Waals surface area contributed by atoms with Crippen LogP contribution in [0.3, 0.4) is 0 Å². The van der Waals surface area contributed by atoms with Crippen molar-refractivity contribution >= 4 is 0 Å². The quantitative estimate of drug-likeness (QED) is 0.661. The molecule has 4 heteroatoms. The van der Waals surface area contributed by atoms with Gasteiger partial charge in [0.15, 0.2) is 11.5 Å². The molecule has 0 bridgehead atoms. The molecule has 1 fully saturated rings. The molecule has 1 aromatic rings. The van der Waals surface area contributed by atoms with Crippen molar-refractivity contribution in [3.8, 4) is 11.5 Å². The minimum absolute atomic E-state index is 0.00879. The molecule has 1 aromatic carbocycles. The lowest BCUT2D eigenvalue weighted by molar-refractivity contribution is 0.0313. The highest BCUT2D eigenvalue weighted by molar-refractivity contribution is 5.40. The zero-order valence-electron chi connectivity index (χ0n) is 12.8. The summed E-state index contributed by atoms with van der Waals surface area (Å²) in [6.45, 7) is 2.85. The summed E-state index contributed by atoms with van der Waals surface area (Å²) in [6, 6.07) is 8.01. The Morgan fingerprint density at radius 2 is 2.10 bits per heavy atom. The maximum Gasteiger partial charge on any atom is 0.161 e. The summed E-state index contributed by atoms with van der Waals surface area (Å²) in [5, 5.41) is 0. The Hall–Kier alpha value is -1.26. The van der Waals surface area contributed by atoms with Crippen LogP contribution in [0.25, 0.3) is 0 Å². The molecule has 1 saturated carbocycles. The fourth-order valence-electron chi connectivity index (χ4n) is 3.79.